The first-order chi connectivity index (χ1) is 18.3. The van der Waals surface area contributed by atoms with E-state index >= 15 is 0 Å². The summed E-state index contributed by atoms with van der Waals surface area (Å²) in [6.45, 7) is 4.46. The second-order valence-electron chi connectivity index (χ2n) is 11.0. The van der Waals surface area contributed by atoms with Crippen molar-refractivity contribution in [2.24, 2.45) is 0 Å². The minimum Gasteiger partial charge on any atom is -0.390 e. The van der Waals surface area contributed by atoms with Gasteiger partial charge in [-0.05, 0) is 60.9 Å². The molecular weight excluding hydrogens is 480 g/mol. The number of nitrogens with zero attached hydrogens (tertiary/aromatic N) is 1. The highest BCUT2D eigenvalue weighted by atomic mass is 16.5. The van der Waals surface area contributed by atoms with Gasteiger partial charge in [0, 0.05) is 30.2 Å². The first-order valence-corrected chi connectivity index (χ1v) is 13.6. The van der Waals surface area contributed by atoms with Gasteiger partial charge in [0.1, 0.15) is 0 Å². The van der Waals surface area contributed by atoms with Crippen LogP contribution in [0.5, 0.6) is 0 Å². The molecule has 2 aliphatic carbocycles. The Bertz CT molecular complexity index is 1220. The highest BCUT2D eigenvalue weighted by Crippen LogP contribution is 2.60. The van der Waals surface area contributed by atoms with Crippen molar-refractivity contribution in [1.82, 2.24) is 15.5 Å². The van der Waals surface area contributed by atoms with Crippen LogP contribution in [0, 0.1) is 5.41 Å². The number of fused-ring (bicyclic) bond motifs is 2. The van der Waals surface area contributed by atoms with Gasteiger partial charge in [0.2, 0.25) is 5.91 Å². The topological polar surface area (TPSA) is 115 Å². The van der Waals surface area contributed by atoms with Crippen LogP contribution in [0.25, 0.3) is 0 Å². The Hall–Kier alpha value is -3.23. The molecule has 2 aromatic rings. The van der Waals surface area contributed by atoms with Crippen molar-refractivity contribution in [3.05, 3.63) is 70.8 Å². The Labute approximate surface area is 224 Å². The number of ether oxygens (including phenoxy) is 1. The van der Waals surface area contributed by atoms with E-state index in [9.17, 15) is 14.7 Å². The molecule has 8 heteroatoms. The number of hydrogen-bond acceptors (Lipinski definition) is 5. The van der Waals surface area contributed by atoms with Crippen LogP contribution in [0.2, 0.25) is 0 Å². The van der Waals surface area contributed by atoms with Crippen LogP contribution < -0.4 is 10.6 Å². The third kappa shape index (κ3) is 4.39. The third-order valence-electron chi connectivity index (χ3n) is 8.97. The molecule has 1 saturated heterocycles. The fourth-order valence-electron chi connectivity index (χ4n) is 6.37. The largest absolute Gasteiger partial charge is 0.390 e. The summed E-state index contributed by atoms with van der Waals surface area (Å²) in [6, 6.07) is 14.3. The van der Waals surface area contributed by atoms with Crippen molar-refractivity contribution in [2.75, 3.05) is 13.7 Å². The van der Waals surface area contributed by atoms with E-state index in [0.717, 1.165) is 42.4 Å². The van der Waals surface area contributed by atoms with Gasteiger partial charge >= 0.3 is 0 Å². The van der Waals surface area contributed by atoms with Crippen LogP contribution in [0.3, 0.4) is 0 Å². The summed E-state index contributed by atoms with van der Waals surface area (Å²) in [5, 5.41) is 26.2. The van der Waals surface area contributed by atoms with Crippen molar-refractivity contribution in [3.63, 3.8) is 0 Å². The summed E-state index contributed by atoms with van der Waals surface area (Å²) in [5.41, 5.74) is 2.68. The summed E-state index contributed by atoms with van der Waals surface area (Å²) in [5.74, 6) is -0.293. The average Bonchev–Trinajstić information content (AvgIpc) is 3.71. The second kappa shape index (κ2) is 10.2. The highest BCUT2D eigenvalue weighted by Gasteiger charge is 2.59. The molecule has 38 heavy (non-hydrogen) atoms. The molecule has 1 heterocycles. The number of carbonyl (C=O) groups excluding carboxylic acids is 2. The van der Waals surface area contributed by atoms with E-state index < -0.39 is 23.7 Å². The molecule has 8 nitrogen and oxygen atoms in total. The van der Waals surface area contributed by atoms with Gasteiger partial charge in [0.05, 0.1) is 24.6 Å². The molecule has 5 rings (SSSR count). The molecule has 0 bridgehead atoms. The van der Waals surface area contributed by atoms with Crippen LogP contribution >= 0.6 is 0 Å². The number of aliphatic hydroxyl groups is 1. The minimum absolute atomic E-state index is 0.0846. The van der Waals surface area contributed by atoms with E-state index in [4.69, 9.17) is 10.1 Å². The van der Waals surface area contributed by atoms with Crippen LogP contribution in [-0.2, 0) is 14.9 Å². The van der Waals surface area contributed by atoms with Crippen molar-refractivity contribution in [2.45, 2.75) is 81.5 Å². The summed E-state index contributed by atoms with van der Waals surface area (Å²) >= 11 is 0. The van der Waals surface area contributed by atoms with Crippen LogP contribution in [-0.4, -0.2) is 53.1 Å². The SMILES string of the molecule is CCC1(CC)CC(=O)N([C@H](CCOC)c2cccc(C(=O)NC3c4ccccc4C4(CC4)C3O)c2)C(=N)N1. The van der Waals surface area contributed by atoms with Gasteiger partial charge in [-0.3, -0.25) is 19.9 Å². The molecule has 2 aromatic carbocycles. The lowest BCUT2D eigenvalue weighted by Crippen LogP contribution is -2.62. The smallest absolute Gasteiger partial charge is 0.251 e. The number of rotatable bonds is 9. The van der Waals surface area contributed by atoms with Gasteiger partial charge in [-0.15, -0.1) is 0 Å². The number of hydrogen-bond donors (Lipinski definition) is 4. The first kappa shape index (κ1) is 26.4. The summed E-state index contributed by atoms with van der Waals surface area (Å²) in [7, 11) is 1.61. The molecule has 1 saturated carbocycles. The number of aliphatic hydroxyl groups excluding tert-OH is 1. The van der Waals surface area contributed by atoms with Gasteiger partial charge in [-0.2, -0.15) is 0 Å². The second-order valence-corrected chi connectivity index (χ2v) is 11.0. The number of amides is 2. The average molecular weight is 519 g/mol. The van der Waals surface area contributed by atoms with E-state index in [2.05, 4.69) is 16.7 Å². The molecule has 3 atom stereocenters. The monoisotopic (exact) mass is 518 g/mol. The van der Waals surface area contributed by atoms with E-state index in [0.29, 0.717) is 25.0 Å². The van der Waals surface area contributed by atoms with E-state index in [-0.39, 0.29) is 23.2 Å². The van der Waals surface area contributed by atoms with Crippen molar-refractivity contribution in [1.29, 1.82) is 5.41 Å². The molecule has 2 unspecified atom stereocenters. The molecule has 2 fully saturated rings. The third-order valence-corrected chi connectivity index (χ3v) is 8.97. The first-order valence-electron chi connectivity index (χ1n) is 13.6. The predicted molar refractivity (Wildman–Crippen MR) is 145 cm³/mol. The lowest BCUT2D eigenvalue weighted by Gasteiger charge is -2.45. The Balaban J connectivity index is 1.40. The predicted octanol–water partition coefficient (Wildman–Crippen LogP) is 3.96. The fraction of sp³-hybridized carbons (Fsp3) is 0.500. The summed E-state index contributed by atoms with van der Waals surface area (Å²) in [4.78, 5) is 28.4. The Morgan fingerprint density at radius 3 is 2.61 bits per heavy atom. The number of benzene rings is 2. The molecule has 2 amide bonds. The zero-order chi connectivity index (χ0) is 27.1. The van der Waals surface area contributed by atoms with Gasteiger partial charge in [-0.1, -0.05) is 50.2 Å². The quantitative estimate of drug-likeness (QED) is 0.401. The molecule has 1 aliphatic heterocycles. The zero-order valence-electron chi connectivity index (χ0n) is 22.4. The Morgan fingerprint density at radius 1 is 1.21 bits per heavy atom. The number of guanidine groups is 1. The number of carbonyl (C=O) groups is 2. The van der Waals surface area contributed by atoms with Gasteiger partial charge in [0.15, 0.2) is 5.96 Å². The Kier molecular flexibility index (Phi) is 7.05. The lowest BCUT2D eigenvalue weighted by atomic mass is 9.86. The molecular formula is C30H38N4O4. The van der Waals surface area contributed by atoms with Crippen molar-refractivity contribution in [3.8, 4) is 0 Å². The van der Waals surface area contributed by atoms with Gasteiger partial charge < -0.3 is 20.5 Å². The molecule has 0 radical (unpaired) electrons. The maximum Gasteiger partial charge on any atom is 0.251 e. The minimum atomic E-state index is -0.656. The van der Waals surface area contributed by atoms with Crippen molar-refractivity contribution >= 4 is 17.8 Å². The molecule has 0 aromatic heterocycles. The standard InChI is InChI=1S/C30H38N4O4/c1-4-29(5-2)18-24(35)34(28(31)33-29)23(13-16-38-3)19-9-8-10-20(17-19)27(37)32-25-21-11-6-7-12-22(21)30(14-15-30)26(25)36/h6-12,17,23,25-26,36H,4-5,13-16,18H2,1-3H3,(H2,31,33)(H,32,37)/t23-,25?,26?/m1/s1. The molecule has 202 valence electrons. The molecule has 3 aliphatic rings. The maximum absolute atomic E-state index is 13.5. The summed E-state index contributed by atoms with van der Waals surface area (Å²) < 4.78 is 5.34. The van der Waals surface area contributed by atoms with E-state index in [1.807, 2.05) is 38.1 Å². The molecule has 4 N–H and O–H groups in total. The zero-order valence-corrected chi connectivity index (χ0v) is 22.4. The highest BCUT2D eigenvalue weighted by molar-refractivity contribution is 6.00. The van der Waals surface area contributed by atoms with Crippen molar-refractivity contribution < 1.29 is 19.4 Å². The number of methoxy groups -OCH3 is 1. The normalized spacial score (nSPS) is 23.6. The fourth-order valence-corrected chi connectivity index (χ4v) is 6.37. The van der Waals surface area contributed by atoms with Gasteiger partial charge in [-0.25, -0.2) is 0 Å². The molecule has 1 spiro atoms. The van der Waals surface area contributed by atoms with Crippen LogP contribution in [0.15, 0.2) is 48.5 Å². The Morgan fingerprint density at radius 2 is 1.95 bits per heavy atom. The van der Waals surface area contributed by atoms with Crippen LogP contribution in [0.1, 0.15) is 91.5 Å². The lowest BCUT2D eigenvalue weighted by molar-refractivity contribution is -0.133. The maximum atomic E-state index is 13.5. The van der Waals surface area contributed by atoms with E-state index in [1.165, 1.54) is 4.90 Å². The van der Waals surface area contributed by atoms with Gasteiger partial charge in [0.25, 0.3) is 5.91 Å². The van der Waals surface area contributed by atoms with E-state index in [1.54, 1.807) is 25.3 Å². The van der Waals surface area contributed by atoms with Crippen LogP contribution in [0.4, 0.5) is 0 Å². The number of nitrogens with one attached hydrogen (secondary N) is 3. The summed E-state index contributed by atoms with van der Waals surface area (Å²) in [6.07, 6.45) is 3.50.